The smallest absolute Gasteiger partial charge is 0.409 e. The van der Waals surface area contributed by atoms with Crippen LogP contribution in [0.15, 0.2) is 23.5 Å². The molecule has 9 nitrogen and oxygen atoms in total. The van der Waals surface area contributed by atoms with E-state index in [4.69, 9.17) is 10.9 Å². The molecule has 0 aliphatic heterocycles. The minimum Gasteiger partial charge on any atom is -0.409 e. The second-order valence-electron chi connectivity index (χ2n) is 2.82. The van der Waals surface area contributed by atoms with Crippen molar-refractivity contribution >= 4 is 18.8 Å². The average molecular weight is 252 g/mol. The Balaban J connectivity index is 2.94. The molecule has 1 aromatic heterocycles. The predicted molar refractivity (Wildman–Crippen MR) is 55.8 cm³/mol. The van der Waals surface area contributed by atoms with Gasteiger partial charge in [-0.2, -0.15) is 0 Å². The number of hydrogen-bond donors (Lipinski definition) is 2. The highest BCUT2D eigenvalue weighted by molar-refractivity contribution is 5.97. The van der Waals surface area contributed by atoms with Crippen molar-refractivity contribution in [1.82, 2.24) is 10.2 Å². The summed E-state index contributed by atoms with van der Waals surface area (Å²) in [5.74, 6) is -0.191. The molecule has 0 unspecified atom stereocenters. The fourth-order valence-corrected chi connectivity index (χ4v) is 1.14. The SMILES string of the molecule is NC(=NO)c1cccnc1CN(O[C]=O)O[C]=O. The van der Waals surface area contributed by atoms with E-state index < -0.39 is 0 Å². The first kappa shape index (κ1) is 13.4. The van der Waals surface area contributed by atoms with E-state index in [0.717, 1.165) is 12.9 Å². The number of hydroxylamine groups is 2. The number of rotatable bonds is 7. The first-order valence-electron chi connectivity index (χ1n) is 4.50. The molecule has 94 valence electrons. The maximum atomic E-state index is 10.0. The van der Waals surface area contributed by atoms with Crippen LogP contribution in [0.3, 0.4) is 0 Å². The maximum absolute atomic E-state index is 10.0. The monoisotopic (exact) mass is 252 g/mol. The molecule has 0 aliphatic carbocycles. The third-order valence-corrected chi connectivity index (χ3v) is 1.83. The zero-order valence-electron chi connectivity index (χ0n) is 8.94. The standard InChI is InChI=1S/C9H8N4O5/c10-9(12-16)7-2-1-3-11-8(7)4-13(17-5-14)18-6-15/h1-3,16H,4H2,(H2,10,12). The van der Waals surface area contributed by atoms with Crippen molar-refractivity contribution in [2.24, 2.45) is 10.9 Å². The Hall–Kier alpha value is -2.68. The van der Waals surface area contributed by atoms with Gasteiger partial charge in [-0.05, 0) is 12.1 Å². The third-order valence-electron chi connectivity index (χ3n) is 1.83. The number of pyridine rings is 1. The van der Waals surface area contributed by atoms with Gasteiger partial charge in [0.15, 0.2) is 5.84 Å². The topological polar surface area (TPSA) is 127 Å². The lowest BCUT2D eigenvalue weighted by molar-refractivity contribution is -0.285. The van der Waals surface area contributed by atoms with Gasteiger partial charge in [-0.3, -0.25) is 4.98 Å². The molecule has 0 amide bonds. The molecule has 0 fully saturated rings. The summed E-state index contributed by atoms with van der Waals surface area (Å²) in [7, 11) is 0. The van der Waals surface area contributed by atoms with Crippen LogP contribution in [0.5, 0.6) is 0 Å². The normalized spacial score (nSPS) is 11.1. The van der Waals surface area contributed by atoms with Gasteiger partial charge in [0.05, 0.1) is 5.69 Å². The van der Waals surface area contributed by atoms with Crippen molar-refractivity contribution in [2.75, 3.05) is 0 Å². The fourth-order valence-electron chi connectivity index (χ4n) is 1.14. The van der Waals surface area contributed by atoms with Gasteiger partial charge in [0.25, 0.3) is 0 Å². The molecule has 18 heavy (non-hydrogen) atoms. The van der Waals surface area contributed by atoms with Crippen LogP contribution in [0.2, 0.25) is 0 Å². The van der Waals surface area contributed by atoms with Crippen LogP contribution in [0.25, 0.3) is 0 Å². The van der Waals surface area contributed by atoms with Gasteiger partial charge in [0, 0.05) is 17.0 Å². The zero-order valence-corrected chi connectivity index (χ0v) is 8.94. The van der Waals surface area contributed by atoms with Crippen LogP contribution in [-0.2, 0) is 25.8 Å². The van der Waals surface area contributed by atoms with Gasteiger partial charge in [0.2, 0.25) is 0 Å². The minimum atomic E-state index is -0.239. The largest absolute Gasteiger partial charge is 0.440 e. The van der Waals surface area contributed by atoms with Crippen LogP contribution in [0.1, 0.15) is 11.3 Å². The number of nitrogens with zero attached hydrogens (tertiary/aromatic N) is 3. The van der Waals surface area contributed by atoms with Gasteiger partial charge in [0.1, 0.15) is 6.54 Å². The molecule has 0 saturated carbocycles. The summed E-state index contributed by atoms with van der Waals surface area (Å²) in [4.78, 5) is 32.4. The van der Waals surface area contributed by atoms with E-state index >= 15 is 0 Å². The van der Waals surface area contributed by atoms with Crippen LogP contribution in [0, 0.1) is 0 Å². The highest BCUT2D eigenvalue weighted by atomic mass is 17.0. The molecule has 9 heteroatoms. The lowest BCUT2D eigenvalue weighted by atomic mass is 10.2. The van der Waals surface area contributed by atoms with E-state index in [1.807, 2.05) is 0 Å². The second kappa shape index (κ2) is 6.81. The molecule has 2 radical (unpaired) electrons. The summed E-state index contributed by atoms with van der Waals surface area (Å²) < 4.78 is 0. The number of amidine groups is 1. The van der Waals surface area contributed by atoms with Crippen LogP contribution < -0.4 is 5.73 Å². The Morgan fingerprint density at radius 3 is 2.72 bits per heavy atom. The lowest BCUT2D eigenvalue weighted by Crippen LogP contribution is -2.26. The Bertz CT molecular complexity index is 440. The maximum Gasteiger partial charge on any atom is 0.440 e. The summed E-state index contributed by atoms with van der Waals surface area (Å²) >= 11 is 0. The zero-order chi connectivity index (χ0) is 13.4. The fraction of sp³-hybridized carbons (Fsp3) is 0.111. The van der Waals surface area contributed by atoms with Crippen LogP contribution in [0.4, 0.5) is 0 Å². The van der Waals surface area contributed by atoms with E-state index in [1.165, 1.54) is 12.3 Å². The van der Waals surface area contributed by atoms with E-state index in [2.05, 4.69) is 19.8 Å². The summed E-state index contributed by atoms with van der Waals surface area (Å²) in [6, 6.07) is 3.07. The summed E-state index contributed by atoms with van der Waals surface area (Å²) in [5, 5.41) is 11.9. The van der Waals surface area contributed by atoms with Gasteiger partial charge < -0.3 is 20.6 Å². The summed E-state index contributed by atoms with van der Waals surface area (Å²) in [6.07, 6.45) is 1.43. The molecule has 1 aromatic rings. The molecule has 0 aromatic carbocycles. The summed E-state index contributed by atoms with van der Waals surface area (Å²) in [6.45, 7) is 1.90. The molecular formula is C9H8N4O5. The van der Waals surface area contributed by atoms with Gasteiger partial charge in [-0.25, -0.2) is 9.59 Å². The predicted octanol–water partition coefficient (Wildman–Crippen LogP) is -1.02. The van der Waals surface area contributed by atoms with Crippen molar-refractivity contribution in [3.63, 3.8) is 0 Å². The van der Waals surface area contributed by atoms with Crippen molar-refractivity contribution < 1.29 is 24.5 Å². The Labute approximate surface area is 101 Å². The van der Waals surface area contributed by atoms with Crippen molar-refractivity contribution in [3.05, 3.63) is 29.6 Å². The van der Waals surface area contributed by atoms with Gasteiger partial charge >= 0.3 is 12.9 Å². The number of hydrogen-bond acceptors (Lipinski definition) is 8. The number of carbonyl (C=O) groups excluding carboxylic acids is 2. The summed E-state index contributed by atoms with van der Waals surface area (Å²) in [5.41, 5.74) is 5.96. The molecule has 3 N–H and O–H groups in total. The highest BCUT2D eigenvalue weighted by Crippen LogP contribution is 2.08. The van der Waals surface area contributed by atoms with Crippen LogP contribution >= 0.6 is 0 Å². The Morgan fingerprint density at radius 2 is 2.17 bits per heavy atom. The number of aromatic nitrogens is 1. The molecule has 0 saturated heterocycles. The molecule has 0 bridgehead atoms. The molecular weight excluding hydrogens is 244 g/mol. The number of nitrogens with two attached hydrogens (primary N) is 1. The van der Waals surface area contributed by atoms with Crippen molar-refractivity contribution in [2.45, 2.75) is 6.54 Å². The van der Waals surface area contributed by atoms with E-state index in [1.54, 1.807) is 6.07 Å². The second-order valence-corrected chi connectivity index (χ2v) is 2.82. The molecule has 1 rings (SSSR count). The van der Waals surface area contributed by atoms with Crippen LogP contribution in [-0.4, -0.2) is 34.2 Å². The Morgan fingerprint density at radius 1 is 1.50 bits per heavy atom. The molecule has 0 atom stereocenters. The van der Waals surface area contributed by atoms with Gasteiger partial charge in [-0.15, -0.1) is 0 Å². The van der Waals surface area contributed by atoms with Crippen molar-refractivity contribution in [1.29, 1.82) is 0 Å². The first-order valence-corrected chi connectivity index (χ1v) is 4.50. The molecule has 0 aliphatic rings. The quantitative estimate of drug-likeness (QED) is 0.273. The van der Waals surface area contributed by atoms with E-state index in [0.29, 0.717) is 5.23 Å². The molecule has 0 spiro atoms. The highest BCUT2D eigenvalue weighted by Gasteiger charge is 2.15. The third kappa shape index (κ3) is 3.42. The molecule has 1 heterocycles. The first-order chi connectivity index (χ1) is 8.72. The van der Waals surface area contributed by atoms with E-state index in [-0.39, 0.29) is 23.6 Å². The van der Waals surface area contributed by atoms with E-state index in [9.17, 15) is 9.59 Å². The van der Waals surface area contributed by atoms with Crippen molar-refractivity contribution in [3.8, 4) is 0 Å². The lowest BCUT2D eigenvalue weighted by Gasteiger charge is -2.14. The van der Waals surface area contributed by atoms with Gasteiger partial charge in [-0.1, -0.05) is 5.16 Å². The Kier molecular flexibility index (Phi) is 5.06. The number of oxime groups is 1. The average Bonchev–Trinajstić information content (AvgIpc) is 2.39. The minimum absolute atomic E-state index is 0.191.